The maximum Gasteiger partial charge on any atom is 0.228 e. The summed E-state index contributed by atoms with van der Waals surface area (Å²) in [5.41, 5.74) is 0.149. The molecule has 1 atom stereocenters. The van der Waals surface area contributed by atoms with Gasteiger partial charge in [-0.05, 0) is 18.6 Å². The third-order valence-electron chi connectivity index (χ3n) is 3.63. The molecule has 1 fully saturated rings. The first-order chi connectivity index (χ1) is 9.71. The van der Waals surface area contributed by atoms with Gasteiger partial charge in [0.05, 0.1) is 12.0 Å². The smallest absolute Gasteiger partial charge is 0.228 e. The molecule has 0 aliphatic carbocycles. The van der Waals surface area contributed by atoms with E-state index in [1.54, 1.807) is 4.90 Å². The number of para-hydroxylation sites is 1. The summed E-state index contributed by atoms with van der Waals surface area (Å²) in [6.45, 7) is 3.47. The van der Waals surface area contributed by atoms with Gasteiger partial charge in [0.15, 0.2) is 0 Å². The van der Waals surface area contributed by atoms with Crippen molar-refractivity contribution in [2.45, 2.75) is 26.2 Å². The zero-order valence-corrected chi connectivity index (χ0v) is 11.9. The summed E-state index contributed by atoms with van der Waals surface area (Å²) in [7, 11) is 0. The maximum atomic E-state index is 12.1. The maximum absolute atomic E-state index is 12.1. The number of benzene rings is 1. The highest BCUT2D eigenvalue weighted by atomic mass is 16.5. The quantitative estimate of drug-likeness (QED) is 0.567. The van der Waals surface area contributed by atoms with Crippen LogP contribution in [-0.2, 0) is 14.3 Å². The zero-order valence-electron chi connectivity index (χ0n) is 11.9. The second-order valence-electron chi connectivity index (χ2n) is 5.38. The van der Waals surface area contributed by atoms with Crippen LogP contribution in [0.2, 0.25) is 0 Å². The number of unbranched alkanes of at least 4 members (excludes halogenated alkanes) is 1. The number of aldehydes is 1. The Labute approximate surface area is 119 Å². The van der Waals surface area contributed by atoms with E-state index in [2.05, 4.69) is 6.92 Å². The van der Waals surface area contributed by atoms with Crippen molar-refractivity contribution in [1.82, 2.24) is 0 Å². The summed E-state index contributed by atoms with van der Waals surface area (Å²) in [6.07, 6.45) is 3.16. The van der Waals surface area contributed by atoms with Crippen LogP contribution in [0.15, 0.2) is 30.3 Å². The number of nitrogens with zero attached hydrogens (tertiary/aromatic N) is 1. The Morgan fingerprint density at radius 2 is 2.10 bits per heavy atom. The Bertz CT molecular complexity index is 460. The first-order valence-electron chi connectivity index (χ1n) is 7.10. The number of hydrogen-bond acceptors (Lipinski definition) is 3. The van der Waals surface area contributed by atoms with Crippen molar-refractivity contribution >= 4 is 17.9 Å². The topological polar surface area (TPSA) is 46.6 Å². The SMILES string of the molecule is CCCCOCC1(C=O)CC(=O)N(c2ccccc2)C1. The van der Waals surface area contributed by atoms with E-state index in [0.29, 0.717) is 19.8 Å². The predicted molar refractivity (Wildman–Crippen MR) is 77.6 cm³/mol. The third-order valence-corrected chi connectivity index (χ3v) is 3.63. The van der Waals surface area contributed by atoms with Crippen LogP contribution in [0, 0.1) is 5.41 Å². The molecule has 0 spiro atoms. The monoisotopic (exact) mass is 275 g/mol. The highest BCUT2D eigenvalue weighted by Gasteiger charge is 2.44. The van der Waals surface area contributed by atoms with Gasteiger partial charge in [-0.1, -0.05) is 31.5 Å². The Morgan fingerprint density at radius 3 is 2.75 bits per heavy atom. The van der Waals surface area contributed by atoms with Crippen molar-refractivity contribution in [2.24, 2.45) is 5.41 Å². The van der Waals surface area contributed by atoms with Crippen LogP contribution in [0.25, 0.3) is 0 Å². The van der Waals surface area contributed by atoms with Gasteiger partial charge >= 0.3 is 0 Å². The van der Waals surface area contributed by atoms with Gasteiger partial charge in [0.25, 0.3) is 0 Å². The third kappa shape index (κ3) is 3.25. The molecule has 20 heavy (non-hydrogen) atoms. The minimum Gasteiger partial charge on any atom is -0.380 e. The molecule has 1 aromatic rings. The highest BCUT2D eigenvalue weighted by Crippen LogP contribution is 2.33. The number of ether oxygens (including phenoxy) is 1. The molecule has 0 aromatic heterocycles. The summed E-state index contributed by atoms with van der Waals surface area (Å²) in [6, 6.07) is 9.46. The Hall–Kier alpha value is -1.68. The first-order valence-corrected chi connectivity index (χ1v) is 7.10. The van der Waals surface area contributed by atoms with E-state index in [1.165, 1.54) is 0 Å². The summed E-state index contributed by atoms with van der Waals surface area (Å²) in [5, 5.41) is 0. The molecule has 4 nitrogen and oxygen atoms in total. The van der Waals surface area contributed by atoms with Gasteiger partial charge in [-0.25, -0.2) is 0 Å². The molecule has 1 aromatic carbocycles. The van der Waals surface area contributed by atoms with Gasteiger partial charge in [-0.15, -0.1) is 0 Å². The van der Waals surface area contributed by atoms with Crippen molar-refractivity contribution in [2.75, 3.05) is 24.7 Å². The van der Waals surface area contributed by atoms with E-state index in [4.69, 9.17) is 4.74 Å². The van der Waals surface area contributed by atoms with Crippen LogP contribution in [0.5, 0.6) is 0 Å². The summed E-state index contributed by atoms with van der Waals surface area (Å²) >= 11 is 0. The van der Waals surface area contributed by atoms with Crippen LogP contribution in [0.4, 0.5) is 5.69 Å². The van der Waals surface area contributed by atoms with Crippen molar-refractivity contribution in [1.29, 1.82) is 0 Å². The number of carbonyl (C=O) groups is 2. The summed E-state index contributed by atoms with van der Waals surface area (Å²) in [5.74, 6) is -0.0117. The van der Waals surface area contributed by atoms with Crippen molar-refractivity contribution in [3.8, 4) is 0 Å². The van der Waals surface area contributed by atoms with Gasteiger partial charge in [0.2, 0.25) is 5.91 Å². The number of hydrogen-bond donors (Lipinski definition) is 0. The number of anilines is 1. The Balaban J connectivity index is 2.03. The average Bonchev–Trinajstić information content (AvgIpc) is 2.82. The molecule has 4 heteroatoms. The van der Waals surface area contributed by atoms with E-state index in [-0.39, 0.29) is 12.3 Å². The molecule has 1 saturated heterocycles. The molecule has 0 radical (unpaired) electrons. The van der Waals surface area contributed by atoms with Crippen LogP contribution in [0.3, 0.4) is 0 Å². The van der Waals surface area contributed by atoms with Gasteiger partial charge in [-0.2, -0.15) is 0 Å². The lowest BCUT2D eigenvalue weighted by molar-refractivity contribution is -0.123. The normalized spacial score (nSPS) is 22.2. The van der Waals surface area contributed by atoms with Gasteiger partial charge in [0, 0.05) is 25.3 Å². The van der Waals surface area contributed by atoms with E-state index in [9.17, 15) is 9.59 Å². The average molecular weight is 275 g/mol. The lowest BCUT2D eigenvalue weighted by Crippen LogP contribution is -2.33. The van der Waals surface area contributed by atoms with Crippen molar-refractivity contribution in [3.05, 3.63) is 30.3 Å². The van der Waals surface area contributed by atoms with Crippen molar-refractivity contribution < 1.29 is 14.3 Å². The standard InChI is InChI=1S/C16H21NO3/c1-2-3-9-20-13-16(12-18)10-15(19)17(11-16)14-7-5-4-6-8-14/h4-8,12H,2-3,9-11,13H2,1H3. The second kappa shape index (κ2) is 6.66. The summed E-state index contributed by atoms with van der Waals surface area (Å²) < 4.78 is 5.57. The minimum absolute atomic E-state index is 0.0117. The van der Waals surface area contributed by atoms with E-state index in [1.807, 2.05) is 30.3 Å². The number of carbonyl (C=O) groups excluding carboxylic acids is 2. The molecule has 1 aliphatic rings. The molecule has 0 saturated carbocycles. The van der Waals surface area contributed by atoms with Crippen LogP contribution in [0.1, 0.15) is 26.2 Å². The van der Waals surface area contributed by atoms with Crippen LogP contribution >= 0.6 is 0 Å². The van der Waals surface area contributed by atoms with Crippen LogP contribution in [-0.4, -0.2) is 32.0 Å². The number of amides is 1. The molecular weight excluding hydrogens is 254 g/mol. The molecule has 108 valence electrons. The molecule has 1 amide bonds. The fraction of sp³-hybridized carbons (Fsp3) is 0.500. The summed E-state index contributed by atoms with van der Waals surface area (Å²) in [4.78, 5) is 25.3. The van der Waals surface area contributed by atoms with E-state index >= 15 is 0 Å². The predicted octanol–water partition coefficient (Wildman–Crippen LogP) is 2.43. The second-order valence-corrected chi connectivity index (χ2v) is 5.38. The van der Waals surface area contributed by atoms with Crippen molar-refractivity contribution in [3.63, 3.8) is 0 Å². The highest BCUT2D eigenvalue weighted by molar-refractivity contribution is 5.99. The lowest BCUT2D eigenvalue weighted by Gasteiger charge is -2.22. The van der Waals surface area contributed by atoms with Gasteiger partial charge in [0.1, 0.15) is 6.29 Å². The lowest BCUT2D eigenvalue weighted by atomic mass is 9.90. The molecule has 0 bridgehead atoms. The minimum atomic E-state index is -0.694. The molecule has 0 N–H and O–H groups in total. The Kier molecular flexibility index (Phi) is 4.90. The largest absolute Gasteiger partial charge is 0.380 e. The molecule has 1 aliphatic heterocycles. The van der Waals surface area contributed by atoms with E-state index < -0.39 is 5.41 Å². The fourth-order valence-corrected chi connectivity index (χ4v) is 2.43. The zero-order chi connectivity index (χ0) is 14.4. The molecule has 1 heterocycles. The Morgan fingerprint density at radius 1 is 1.35 bits per heavy atom. The van der Waals surface area contributed by atoms with Crippen LogP contribution < -0.4 is 4.90 Å². The van der Waals surface area contributed by atoms with Gasteiger partial charge < -0.3 is 14.4 Å². The first kappa shape index (κ1) is 14.7. The molecule has 1 unspecified atom stereocenters. The number of rotatable bonds is 7. The molecular formula is C16H21NO3. The van der Waals surface area contributed by atoms with E-state index in [0.717, 1.165) is 24.8 Å². The fourth-order valence-electron chi connectivity index (χ4n) is 2.43. The van der Waals surface area contributed by atoms with Gasteiger partial charge in [-0.3, -0.25) is 4.79 Å². The molecule has 2 rings (SSSR count).